The lowest BCUT2D eigenvalue weighted by Gasteiger charge is -2.42. The molecular weight excluding hydrogens is 542 g/mol. The van der Waals surface area contributed by atoms with Gasteiger partial charge >= 0.3 is 5.97 Å². The van der Waals surface area contributed by atoms with Crippen LogP contribution in [0, 0.1) is 17.8 Å². The van der Waals surface area contributed by atoms with Gasteiger partial charge in [-0.2, -0.15) is 0 Å². The topological polar surface area (TPSA) is 145 Å². The molecule has 0 saturated carbocycles. The van der Waals surface area contributed by atoms with Gasteiger partial charge in [-0.05, 0) is 50.9 Å². The van der Waals surface area contributed by atoms with Gasteiger partial charge in [-0.1, -0.05) is 41.5 Å². The second-order valence-corrected chi connectivity index (χ2v) is 12.9. The van der Waals surface area contributed by atoms with Gasteiger partial charge in [-0.25, -0.2) is 0 Å². The van der Waals surface area contributed by atoms with Crippen LogP contribution in [0.25, 0.3) is 0 Å². The summed E-state index contributed by atoms with van der Waals surface area (Å²) < 4.78 is 5.59. The molecule has 0 aromatic carbocycles. The molecule has 2 aliphatic rings. The molecule has 238 valence electrons. The summed E-state index contributed by atoms with van der Waals surface area (Å²) in [5, 5.41) is 5.59. The van der Waals surface area contributed by atoms with E-state index in [0.717, 1.165) is 0 Å². The number of carbonyl (C=O) groups excluding carboxylic acids is 6. The van der Waals surface area contributed by atoms with E-state index in [1.807, 2.05) is 41.5 Å². The minimum Gasteiger partial charge on any atom is -0.452 e. The number of cyclic esters (lactones) is 1. The summed E-state index contributed by atoms with van der Waals surface area (Å²) in [6.07, 6.45) is 0.0108. The molecule has 2 fully saturated rings. The lowest BCUT2D eigenvalue weighted by atomic mass is 9.85. The third-order valence-electron chi connectivity index (χ3n) is 8.61. The molecular formula is C30H51N5O7. The van der Waals surface area contributed by atoms with E-state index in [9.17, 15) is 28.8 Å². The minimum absolute atomic E-state index is 0.0307. The van der Waals surface area contributed by atoms with Crippen LogP contribution in [0.3, 0.4) is 0 Å². The quantitative estimate of drug-likeness (QED) is 0.468. The van der Waals surface area contributed by atoms with E-state index in [-0.39, 0.29) is 37.1 Å². The zero-order chi connectivity index (χ0) is 32.1. The van der Waals surface area contributed by atoms with Gasteiger partial charge in [-0.15, -0.1) is 0 Å². The van der Waals surface area contributed by atoms with Crippen molar-refractivity contribution in [3.63, 3.8) is 0 Å². The van der Waals surface area contributed by atoms with Crippen LogP contribution >= 0.6 is 0 Å². The van der Waals surface area contributed by atoms with E-state index in [1.54, 1.807) is 13.8 Å². The molecule has 5 atom stereocenters. The fourth-order valence-electron chi connectivity index (χ4n) is 5.52. The molecule has 0 bridgehead atoms. The lowest BCUT2D eigenvalue weighted by Crippen LogP contribution is -2.66. The van der Waals surface area contributed by atoms with Crippen LogP contribution in [0.5, 0.6) is 0 Å². The van der Waals surface area contributed by atoms with E-state index in [4.69, 9.17) is 4.74 Å². The summed E-state index contributed by atoms with van der Waals surface area (Å²) in [7, 11) is 3.03. The standard InChI is InChI=1S/C30H51N5O7/c1-17(2)16-22-27(39)35-15-11-12-21(35)26(38)32-30(8,19(5)6)29(41)34(10)24(18(3)4)28(40)33(9)20(7)25(37)31-14-13-23(36)42-22/h17-22,24H,11-16H2,1-10H3,(H,31,37)(H,32,38)/t20-,21-,22+,24-,30-/m0/s1. The molecule has 0 unspecified atom stereocenters. The third-order valence-corrected chi connectivity index (χ3v) is 8.61. The molecule has 0 aliphatic carbocycles. The normalized spacial score (nSPS) is 29.8. The predicted octanol–water partition coefficient (Wildman–Crippen LogP) is 1.32. The number of carbonyl (C=O) groups is 6. The number of ether oxygens (including phenoxy) is 1. The summed E-state index contributed by atoms with van der Waals surface area (Å²) in [6, 6.07) is -2.64. The molecule has 2 saturated heterocycles. The number of fused-ring (bicyclic) bond motifs is 1. The van der Waals surface area contributed by atoms with Crippen LogP contribution in [0.4, 0.5) is 0 Å². The monoisotopic (exact) mass is 593 g/mol. The Bertz CT molecular complexity index is 1050. The van der Waals surface area contributed by atoms with Gasteiger partial charge in [0, 0.05) is 27.2 Å². The molecule has 2 N–H and O–H groups in total. The van der Waals surface area contributed by atoms with Crippen molar-refractivity contribution in [3.8, 4) is 0 Å². The van der Waals surface area contributed by atoms with Crippen LogP contribution in [0.1, 0.15) is 81.1 Å². The average molecular weight is 594 g/mol. The number of nitrogens with one attached hydrogen (secondary N) is 2. The number of esters is 1. The van der Waals surface area contributed by atoms with Crippen molar-refractivity contribution in [1.29, 1.82) is 0 Å². The van der Waals surface area contributed by atoms with E-state index in [0.29, 0.717) is 19.4 Å². The van der Waals surface area contributed by atoms with Crippen molar-refractivity contribution in [1.82, 2.24) is 25.3 Å². The Balaban J connectivity index is 2.57. The Labute approximate surface area is 250 Å². The second kappa shape index (κ2) is 14.3. The smallest absolute Gasteiger partial charge is 0.308 e. The number of hydrogen-bond acceptors (Lipinski definition) is 7. The third kappa shape index (κ3) is 7.80. The van der Waals surface area contributed by atoms with Crippen LogP contribution in [-0.2, 0) is 33.5 Å². The van der Waals surface area contributed by atoms with Crippen molar-refractivity contribution in [3.05, 3.63) is 0 Å². The molecule has 12 nitrogen and oxygen atoms in total. The Kier molecular flexibility index (Phi) is 11.9. The van der Waals surface area contributed by atoms with E-state index >= 15 is 0 Å². The highest BCUT2D eigenvalue weighted by atomic mass is 16.5. The first-order valence-corrected chi connectivity index (χ1v) is 15.1. The van der Waals surface area contributed by atoms with E-state index in [2.05, 4.69) is 10.6 Å². The van der Waals surface area contributed by atoms with Crippen LogP contribution < -0.4 is 10.6 Å². The van der Waals surface area contributed by atoms with Gasteiger partial charge in [0.05, 0.1) is 6.42 Å². The van der Waals surface area contributed by atoms with E-state index < -0.39 is 65.3 Å². The Morgan fingerprint density at radius 2 is 1.55 bits per heavy atom. The van der Waals surface area contributed by atoms with Crippen LogP contribution in [0.15, 0.2) is 0 Å². The average Bonchev–Trinajstić information content (AvgIpc) is 3.40. The van der Waals surface area contributed by atoms with Gasteiger partial charge < -0.3 is 30.1 Å². The molecule has 42 heavy (non-hydrogen) atoms. The molecule has 2 rings (SSSR count). The lowest BCUT2D eigenvalue weighted by molar-refractivity contribution is -0.162. The Hall–Kier alpha value is -3.18. The summed E-state index contributed by atoms with van der Waals surface area (Å²) in [6.45, 7) is 14.5. The Morgan fingerprint density at radius 1 is 0.929 bits per heavy atom. The SMILES string of the molecule is CC(C)C[C@H]1OC(=O)CCNC(=O)[C@H](C)N(C)C(=O)[C@H](C(C)C)N(C)C(=O)[C@](C)(C(C)C)NC(=O)[C@@H]2CCCN2C1=O. The Morgan fingerprint density at radius 3 is 2.10 bits per heavy atom. The van der Waals surface area contributed by atoms with Gasteiger partial charge in [0.25, 0.3) is 5.91 Å². The number of rotatable bonds is 4. The molecule has 0 spiro atoms. The fraction of sp³-hybridized carbons (Fsp3) is 0.800. The molecule has 0 radical (unpaired) electrons. The number of nitrogens with zero attached hydrogens (tertiary/aromatic N) is 3. The highest BCUT2D eigenvalue weighted by Gasteiger charge is 2.47. The van der Waals surface area contributed by atoms with E-state index in [1.165, 1.54) is 28.8 Å². The van der Waals surface area contributed by atoms with Crippen molar-refractivity contribution in [2.45, 2.75) is 111 Å². The zero-order valence-corrected chi connectivity index (χ0v) is 27.0. The van der Waals surface area contributed by atoms with Crippen LogP contribution in [0.2, 0.25) is 0 Å². The summed E-state index contributed by atoms with van der Waals surface area (Å²) in [5.74, 6) is -3.57. The van der Waals surface area contributed by atoms with Crippen molar-refractivity contribution < 1.29 is 33.5 Å². The van der Waals surface area contributed by atoms with Crippen LogP contribution in [-0.4, -0.2) is 107 Å². The molecule has 2 aliphatic heterocycles. The first-order valence-electron chi connectivity index (χ1n) is 15.1. The maximum absolute atomic E-state index is 14.1. The summed E-state index contributed by atoms with van der Waals surface area (Å²) >= 11 is 0. The van der Waals surface area contributed by atoms with Crippen molar-refractivity contribution in [2.24, 2.45) is 17.8 Å². The maximum atomic E-state index is 14.1. The minimum atomic E-state index is -1.40. The first kappa shape index (κ1) is 35.0. The van der Waals surface area contributed by atoms with Crippen molar-refractivity contribution in [2.75, 3.05) is 27.2 Å². The number of likely N-dealkylation sites (N-methyl/N-ethyl adjacent to an activating group) is 2. The van der Waals surface area contributed by atoms with Gasteiger partial charge in [0.1, 0.15) is 23.7 Å². The molecule has 2 heterocycles. The summed E-state index contributed by atoms with van der Waals surface area (Å²) in [5.41, 5.74) is -1.40. The second-order valence-electron chi connectivity index (χ2n) is 12.9. The largest absolute Gasteiger partial charge is 0.452 e. The van der Waals surface area contributed by atoms with Gasteiger partial charge in [-0.3, -0.25) is 28.8 Å². The molecule has 12 heteroatoms. The fourth-order valence-corrected chi connectivity index (χ4v) is 5.52. The molecule has 0 aromatic heterocycles. The van der Waals surface area contributed by atoms with Gasteiger partial charge in [0.15, 0.2) is 6.10 Å². The maximum Gasteiger partial charge on any atom is 0.308 e. The molecule has 5 amide bonds. The van der Waals surface area contributed by atoms with Gasteiger partial charge in [0.2, 0.25) is 23.6 Å². The number of hydrogen-bond donors (Lipinski definition) is 2. The molecule has 0 aromatic rings. The number of amides is 5. The highest BCUT2D eigenvalue weighted by molar-refractivity contribution is 5.98. The first-order chi connectivity index (χ1) is 19.4. The summed E-state index contributed by atoms with van der Waals surface area (Å²) in [4.78, 5) is 84.9. The van der Waals surface area contributed by atoms with Crippen molar-refractivity contribution >= 4 is 35.5 Å². The zero-order valence-electron chi connectivity index (χ0n) is 27.0. The highest BCUT2D eigenvalue weighted by Crippen LogP contribution is 2.27. The predicted molar refractivity (Wildman–Crippen MR) is 157 cm³/mol.